The van der Waals surface area contributed by atoms with Crippen LogP contribution in [0.5, 0.6) is 0 Å². The number of nitrogens with zero attached hydrogens (tertiary/aromatic N) is 1. The van der Waals surface area contributed by atoms with E-state index in [1.807, 2.05) is 6.92 Å². The van der Waals surface area contributed by atoms with Gasteiger partial charge in [0.15, 0.2) is 0 Å². The second-order valence-corrected chi connectivity index (χ2v) is 6.18. The zero-order valence-electron chi connectivity index (χ0n) is 11.8. The summed E-state index contributed by atoms with van der Waals surface area (Å²) < 4.78 is 25.6. The van der Waals surface area contributed by atoms with Gasteiger partial charge in [-0.2, -0.15) is 0 Å². The molecular weight excluding hydrogens is 282 g/mol. The average molecular weight is 301 g/mol. The fourth-order valence-electron chi connectivity index (χ4n) is 1.71. The van der Waals surface area contributed by atoms with E-state index in [9.17, 15) is 13.2 Å². The number of carboxylic acids is 1. The fraction of sp³-hybridized carbons (Fsp3) is 0.462. The molecule has 0 fully saturated rings. The van der Waals surface area contributed by atoms with E-state index in [0.717, 1.165) is 17.0 Å². The van der Waals surface area contributed by atoms with Crippen molar-refractivity contribution in [3.63, 3.8) is 0 Å². The molecule has 7 heteroatoms. The molecule has 6 nitrogen and oxygen atoms in total. The Morgan fingerprint density at radius 1 is 1.40 bits per heavy atom. The van der Waals surface area contributed by atoms with Gasteiger partial charge >= 0.3 is 5.97 Å². The molecule has 0 saturated carbocycles. The van der Waals surface area contributed by atoms with Crippen LogP contribution in [-0.4, -0.2) is 37.6 Å². The summed E-state index contributed by atoms with van der Waals surface area (Å²) in [6.45, 7) is 3.78. The Bertz CT molecular complexity index is 582. The van der Waals surface area contributed by atoms with Gasteiger partial charge in [0, 0.05) is 6.54 Å². The maximum atomic E-state index is 12.4. The minimum atomic E-state index is -3.85. The largest absolute Gasteiger partial charge is 0.478 e. The molecule has 0 amide bonds. The second-order valence-electron chi connectivity index (χ2n) is 4.35. The first-order chi connectivity index (χ1) is 9.34. The maximum Gasteiger partial charge on any atom is 0.335 e. The molecule has 0 radical (unpaired) electrons. The lowest BCUT2D eigenvalue weighted by Crippen LogP contribution is -2.31. The van der Waals surface area contributed by atoms with Gasteiger partial charge in [-0.3, -0.25) is 4.84 Å². The van der Waals surface area contributed by atoms with Crippen molar-refractivity contribution in [1.82, 2.24) is 4.47 Å². The highest BCUT2D eigenvalue weighted by molar-refractivity contribution is 7.89. The van der Waals surface area contributed by atoms with Crippen molar-refractivity contribution in [3.8, 4) is 0 Å². The maximum absolute atomic E-state index is 12.4. The number of carboxylic acid groups (broad SMARTS) is 1. The van der Waals surface area contributed by atoms with E-state index in [2.05, 4.69) is 0 Å². The first-order valence-corrected chi connectivity index (χ1v) is 7.69. The molecule has 0 heterocycles. The number of aromatic carboxylic acids is 1. The lowest BCUT2D eigenvalue weighted by Gasteiger charge is -2.19. The van der Waals surface area contributed by atoms with Gasteiger partial charge in [-0.25, -0.2) is 13.2 Å². The number of rotatable bonds is 7. The summed E-state index contributed by atoms with van der Waals surface area (Å²) in [5.41, 5.74) is 0.478. The van der Waals surface area contributed by atoms with Crippen LogP contribution in [0.2, 0.25) is 0 Å². The Hall–Kier alpha value is -1.44. The van der Waals surface area contributed by atoms with Crippen molar-refractivity contribution < 1.29 is 23.2 Å². The van der Waals surface area contributed by atoms with E-state index < -0.39 is 16.0 Å². The number of hydroxylamine groups is 1. The summed E-state index contributed by atoms with van der Waals surface area (Å²) in [6.07, 6.45) is 1.48. The van der Waals surface area contributed by atoms with Crippen LogP contribution in [0.4, 0.5) is 0 Å². The molecular formula is C13H19NO5S. The Kier molecular flexibility index (Phi) is 5.67. The summed E-state index contributed by atoms with van der Waals surface area (Å²) in [6, 6.07) is 4.02. The summed E-state index contributed by atoms with van der Waals surface area (Å²) in [7, 11) is -2.57. The molecule has 0 aromatic heterocycles. The lowest BCUT2D eigenvalue weighted by atomic mass is 10.1. The molecule has 0 unspecified atom stereocenters. The molecule has 1 rings (SSSR count). The topological polar surface area (TPSA) is 83.9 Å². The van der Waals surface area contributed by atoms with Gasteiger partial charge in [-0.15, -0.1) is 0 Å². The van der Waals surface area contributed by atoms with Gasteiger partial charge in [0.2, 0.25) is 0 Å². The van der Waals surface area contributed by atoms with Gasteiger partial charge in [-0.1, -0.05) is 23.9 Å². The second kappa shape index (κ2) is 6.83. The van der Waals surface area contributed by atoms with Crippen LogP contribution in [-0.2, 0) is 14.9 Å². The summed E-state index contributed by atoms with van der Waals surface area (Å²) in [5.74, 6) is -1.16. The molecule has 0 aliphatic rings. The van der Waals surface area contributed by atoms with Crippen LogP contribution < -0.4 is 0 Å². The molecule has 0 aliphatic heterocycles. The van der Waals surface area contributed by atoms with E-state index in [1.165, 1.54) is 19.2 Å². The molecule has 1 N–H and O–H groups in total. The van der Waals surface area contributed by atoms with Crippen molar-refractivity contribution in [2.45, 2.75) is 31.6 Å². The number of carbonyl (C=O) groups is 1. The van der Waals surface area contributed by atoms with E-state index in [1.54, 1.807) is 6.92 Å². The van der Waals surface area contributed by atoms with Gasteiger partial charge in [0.05, 0.1) is 17.6 Å². The van der Waals surface area contributed by atoms with Gasteiger partial charge in [0.1, 0.15) is 0 Å². The van der Waals surface area contributed by atoms with Crippen molar-refractivity contribution in [1.29, 1.82) is 0 Å². The number of sulfonamides is 1. The summed E-state index contributed by atoms with van der Waals surface area (Å²) >= 11 is 0. The predicted octanol–water partition coefficient (Wildman–Crippen LogP) is 2.05. The van der Waals surface area contributed by atoms with Crippen molar-refractivity contribution in [2.75, 3.05) is 13.7 Å². The van der Waals surface area contributed by atoms with Crippen molar-refractivity contribution in [3.05, 3.63) is 29.3 Å². The predicted molar refractivity (Wildman–Crippen MR) is 73.9 cm³/mol. The molecule has 0 spiro atoms. The highest BCUT2D eigenvalue weighted by Gasteiger charge is 2.25. The molecule has 20 heavy (non-hydrogen) atoms. The number of aryl methyl sites for hydroxylation is 1. The molecule has 1 aromatic carbocycles. The third-order valence-corrected chi connectivity index (χ3v) is 4.62. The Morgan fingerprint density at radius 2 is 2.05 bits per heavy atom. The molecule has 0 bridgehead atoms. The van der Waals surface area contributed by atoms with Gasteiger partial charge in [0.25, 0.3) is 10.0 Å². The fourth-order valence-corrected chi connectivity index (χ4v) is 3.01. The van der Waals surface area contributed by atoms with Crippen LogP contribution in [0.1, 0.15) is 35.7 Å². The van der Waals surface area contributed by atoms with Crippen LogP contribution in [0.25, 0.3) is 0 Å². The standard InChI is InChI=1S/C13H19NO5S/c1-4-5-8-14(19-3)20(17,18)11-7-6-10(2)12(9-11)13(15)16/h6-7,9H,4-5,8H2,1-3H3,(H,15,16). The average Bonchev–Trinajstić information content (AvgIpc) is 2.39. The van der Waals surface area contributed by atoms with Crippen molar-refractivity contribution >= 4 is 16.0 Å². The molecule has 0 aliphatic carbocycles. The lowest BCUT2D eigenvalue weighted by molar-refractivity contribution is -0.0491. The first-order valence-electron chi connectivity index (χ1n) is 6.25. The third kappa shape index (κ3) is 3.56. The van der Waals surface area contributed by atoms with Gasteiger partial charge < -0.3 is 5.11 Å². The van der Waals surface area contributed by atoms with Crippen LogP contribution in [0, 0.1) is 6.92 Å². The van der Waals surface area contributed by atoms with Crippen LogP contribution >= 0.6 is 0 Å². The Labute approximate surface area is 119 Å². The number of hydrogen-bond acceptors (Lipinski definition) is 4. The molecule has 0 atom stereocenters. The van der Waals surface area contributed by atoms with Gasteiger partial charge in [-0.05, 0) is 31.0 Å². The monoisotopic (exact) mass is 301 g/mol. The first kappa shape index (κ1) is 16.6. The van der Waals surface area contributed by atoms with Crippen LogP contribution in [0.15, 0.2) is 23.1 Å². The number of hydrogen-bond donors (Lipinski definition) is 1. The SMILES string of the molecule is CCCCN(OC)S(=O)(=O)c1ccc(C)c(C(=O)O)c1. The van der Waals surface area contributed by atoms with E-state index in [4.69, 9.17) is 9.94 Å². The van der Waals surface area contributed by atoms with Crippen LogP contribution in [0.3, 0.4) is 0 Å². The summed E-state index contributed by atoms with van der Waals surface area (Å²) in [4.78, 5) is 15.9. The Balaban J connectivity index is 3.20. The quantitative estimate of drug-likeness (QED) is 0.779. The summed E-state index contributed by atoms with van der Waals surface area (Å²) in [5, 5.41) is 9.05. The smallest absolute Gasteiger partial charge is 0.335 e. The molecule has 112 valence electrons. The molecule has 1 aromatic rings. The minimum absolute atomic E-state index is 0.0300. The zero-order valence-corrected chi connectivity index (χ0v) is 12.6. The van der Waals surface area contributed by atoms with Crippen molar-refractivity contribution in [2.24, 2.45) is 0 Å². The minimum Gasteiger partial charge on any atom is -0.478 e. The Morgan fingerprint density at radius 3 is 2.55 bits per heavy atom. The highest BCUT2D eigenvalue weighted by atomic mass is 32.2. The third-order valence-electron chi connectivity index (χ3n) is 2.90. The normalized spacial score (nSPS) is 11.8. The number of benzene rings is 1. The van der Waals surface area contributed by atoms with E-state index in [-0.39, 0.29) is 17.0 Å². The van der Waals surface area contributed by atoms with E-state index >= 15 is 0 Å². The zero-order chi connectivity index (χ0) is 15.3. The molecule has 0 saturated heterocycles. The highest BCUT2D eigenvalue weighted by Crippen LogP contribution is 2.20. The van der Waals surface area contributed by atoms with E-state index in [0.29, 0.717) is 12.0 Å². The number of unbranched alkanes of at least 4 members (excludes halogenated alkanes) is 1.